The molecule has 0 N–H and O–H groups in total. The Hall–Kier alpha value is -0.780. The zero-order chi connectivity index (χ0) is 9.90. The van der Waals surface area contributed by atoms with E-state index in [1.165, 1.54) is 18.4 Å². The molecule has 0 fully saturated rings. The molecule has 0 aromatic carbocycles. The molecule has 0 radical (unpaired) electrons. The van der Waals surface area contributed by atoms with Crippen molar-refractivity contribution in [2.75, 3.05) is 0 Å². The van der Waals surface area contributed by atoms with Crippen LogP contribution in [0.2, 0.25) is 0 Å². The van der Waals surface area contributed by atoms with Gasteiger partial charge >= 0.3 is 0 Å². The van der Waals surface area contributed by atoms with Crippen molar-refractivity contribution in [2.45, 2.75) is 33.6 Å². The van der Waals surface area contributed by atoms with Crippen LogP contribution in [0, 0.1) is 11.3 Å². The first-order valence-electron chi connectivity index (χ1n) is 5.04. The first-order valence-corrected chi connectivity index (χ1v) is 5.04. The molecule has 0 saturated heterocycles. The molecule has 0 aromatic heterocycles. The van der Waals surface area contributed by atoms with Gasteiger partial charge in [-0.1, -0.05) is 50.3 Å². The van der Waals surface area contributed by atoms with Crippen LogP contribution in [-0.2, 0) is 0 Å². The highest BCUT2D eigenvalue weighted by Crippen LogP contribution is 2.41. The zero-order valence-corrected chi connectivity index (χ0v) is 9.01. The maximum Gasteiger partial charge on any atom is 0.00284 e. The average Bonchev–Trinajstić information content (AvgIpc) is 2.02. The lowest BCUT2D eigenvalue weighted by Crippen LogP contribution is -2.26. The third kappa shape index (κ3) is 2.33. The lowest BCUT2D eigenvalue weighted by atomic mass is 9.68. The molecule has 13 heavy (non-hydrogen) atoms. The van der Waals surface area contributed by atoms with Gasteiger partial charge in [0.1, 0.15) is 0 Å². The number of allylic oxidation sites excluding steroid dienone is 5. The highest BCUT2D eigenvalue weighted by Gasteiger charge is 2.30. The minimum absolute atomic E-state index is 0.415. The van der Waals surface area contributed by atoms with Gasteiger partial charge in [0.05, 0.1) is 0 Å². The van der Waals surface area contributed by atoms with Crippen LogP contribution in [0.25, 0.3) is 0 Å². The lowest BCUT2D eigenvalue weighted by molar-refractivity contribution is 0.255. The molecule has 0 nitrogen and oxygen atoms in total. The van der Waals surface area contributed by atoms with Crippen molar-refractivity contribution in [1.82, 2.24) is 0 Å². The van der Waals surface area contributed by atoms with Crippen LogP contribution >= 0.6 is 0 Å². The summed E-state index contributed by atoms with van der Waals surface area (Å²) >= 11 is 0. The fourth-order valence-electron chi connectivity index (χ4n) is 2.17. The minimum atomic E-state index is 0.415. The van der Waals surface area contributed by atoms with Gasteiger partial charge in [0.25, 0.3) is 0 Å². The molecular formula is C13H20. The summed E-state index contributed by atoms with van der Waals surface area (Å²) in [5.74, 6) is 0.597. The minimum Gasteiger partial charge on any atom is -0.0991 e. The van der Waals surface area contributed by atoms with E-state index in [-0.39, 0.29) is 0 Å². The smallest absolute Gasteiger partial charge is 0.00284 e. The van der Waals surface area contributed by atoms with E-state index in [0.717, 1.165) is 0 Å². The van der Waals surface area contributed by atoms with Crippen LogP contribution < -0.4 is 0 Å². The van der Waals surface area contributed by atoms with Crippen molar-refractivity contribution in [1.29, 1.82) is 0 Å². The molecule has 0 aliphatic heterocycles. The summed E-state index contributed by atoms with van der Waals surface area (Å²) in [6, 6.07) is 0. The van der Waals surface area contributed by atoms with Crippen LogP contribution in [0.15, 0.2) is 36.5 Å². The third-order valence-electron chi connectivity index (χ3n) is 3.03. The molecule has 0 heterocycles. The van der Waals surface area contributed by atoms with Crippen LogP contribution in [0.1, 0.15) is 33.6 Å². The highest BCUT2D eigenvalue weighted by molar-refractivity contribution is 5.20. The second-order valence-corrected chi connectivity index (χ2v) is 4.57. The van der Waals surface area contributed by atoms with E-state index in [1.807, 2.05) is 6.08 Å². The molecule has 1 aliphatic rings. The normalized spacial score (nSPS) is 27.3. The molecule has 0 saturated carbocycles. The summed E-state index contributed by atoms with van der Waals surface area (Å²) in [7, 11) is 0. The largest absolute Gasteiger partial charge is 0.0991 e. The topological polar surface area (TPSA) is 0 Å². The second-order valence-electron chi connectivity index (χ2n) is 4.57. The van der Waals surface area contributed by atoms with Gasteiger partial charge < -0.3 is 0 Å². The molecule has 0 spiro atoms. The number of rotatable bonds is 2. The van der Waals surface area contributed by atoms with Crippen LogP contribution in [-0.4, -0.2) is 0 Å². The van der Waals surface area contributed by atoms with Crippen molar-refractivity contribution < 1.29 is 0 Å². The molecule has 1 atom stereocenters. The lowest BCUT2D eigenvalue weighted by Gasteiger charge is -2.36. The van der Waals surface area contributed by atoms with Crippen LogP contribution in [0.4, 0.5) is 0 Å². The Balaban J connectivity index is 2.87. The second kappa shape index (κ2) is 3.95. The molecule has 0 bridgehead atoms. The fourth-order valence-corrected chi connectivity index (χ4v) is 2.17. The molecule has 1 rings (SSSR count). The van der Waals surface area contributed by atoms with Crippen molar-refractivity contribution in [3.63, 3.8) is 0 Å². The van der Waals surface area contributed by atoms with Gasteiger partial charge in [-0.15, -0.1) is 0 Å². The SMILES string of the molecule is C=CC=CC1C(C)=CCCC1(C)C. The molecule has 0 amide bonds. The first-order chi connectivity index (χ1) is 6.08. The van der Waals surface area contributed by atoms with E-state index in [2.05, 4.69) is 45.6 Å². The van der Waals surface area contributed by atoms with Gasteiger partial charge in [-0.2, -0.15) is 0 Å². The third-order valence-corrected chi connectivity index (χ3v) is 3.03. The molecule has 72 valence electrons. The Morgan fingerprint density at radius 1 is 1.54 bits per heavy atom. The fraction of sp³-hybridized carbons (Fsp3) is 0.538. The Labute approximate surface area is 82.0 Å². The zero-order valence-electron chi connectivity index (χ0n) is 9.01. The molecule has 1 unspecified atom stereocenters. The molecule has 1 aliphatic carbocycles. The van der Waals surface area contributed by atoms with E-state index in [9.17, 15) is 0 Å². The van der Waals surface area contributed by atoms with Crippen molar-refractivity contribution in [3.8, 4) is 0 Å². The van der Waals surface area contributed by atoms with E-state index in [0.29, 0.717) is 11.3 Å². The first kappa shape index (κ1) is 10.3. The van der Waals surface area contributed by atoms with Crippen molar-refractivity contribution in [2.24, 2.45) is 11.3 Å². The van der Waals surface area contributed by atoms with Crippen molar-refractivity contribution in [3.05, 3.63) is 36.5 Å². The molecular weight excluding hydrogens is 156 g/mol. The monoisotopic (exact) mass is 176 g/mol. The van der Waals surface area contributed by atoms with Gasteiger partial charge in [-0.25, -0.2) is 0 Å². The predicted octanol–water partition coefficient (Wildman–Crippen LogP) is 4.11. The summed E-state index contributed by atoms with van der Waals surface area (Å²) in [5.41, 5.74) is 1.92. The molecule has 0 aromatic rings. The Morgan fingerprint density at radius 3 is 2.77 bits per heavy atom. The standard InChI is InChI=1S/C13H20/c1-5-6-9-12-11(2)8-7-10-13(12,3)4/h5-6,8-9,12H,1,7,10H2,2-4H3. The Bertz CT molecular complexity index is 241. The number of hydrogen-bond acceptors (Lipinski definition) is 0. The summed E-state index contributed by atoms with van der Waals surface area (Å²) in [4.78, 5) is 0. The summed E-state index contributed by atoms with van der Waals surface area (Å²) in [5, 5.41) is 0. The van der Waals surface area contributed by atoms with Gasteiger partial charge in [-0.3, -0.25) is 0 Å². The summed E-state index contributed by atoms with van der Waals surface area (Å²) < 4.78 is 0. The predicted molar refractivity (Wildman–Crippen MR) is 59.6 cm³/mol. The Morgan fingerprint density at radius 2 is 2.23 bits per heavy atom. The van der Waals surface area contributed by atoms with Gasteiger partial charge in [0, 0.05) is 5.92 Å². The van der Waals surface area contributed by atoms with E-state index in [4.69, 9.17) is 0 Å². The van der Waals surface area contributed by atoms with Crippen LogP contribution in [0.3, 0.4) is 0 Å². The number of hydrogen-bond donors (Lipinski definition) is 0. The van der Waals surface area contributed by atoms with E-state index < -0.39 is 0 Å². The maximum absolute atomic E-state index is 3.71. The summed E-state index contributed by atoms with van der Waals surface area (Å²) in [6.45, 7) is 10.6. The average molecular weight is 176 g/mol. The quantitative estimate of drug-likeness (QED) is 0.439. The Kier molecular flexibility index (Phi) is 3.13. The van der Waals surface area contributed by atoms with E-state index in [1.54, 1.807) is 0 Å². The van der Waals surface area contributed by atoms with Crippen molar-refractivity contribution >= 4 is 0 Å². The van der Waals surface area contributed by atoms with Gasteiger partial charge in [-0.05, 0) is 25.2 Å². The van der Waals surface area contributed by atoms with Gasteiger partial charge in [0.15, 0.2) is 0 Å². The molecule has 0 heteroatoms. The maximum atomic E-state index is 3.71. The van der Waals surface area contributed by atoms with E-state index >= 15 is 0 Å². The summed E-state index contributed by atoms with van der Waals surface area (Å²) in [6.07, 6.45) is 11.1. The van der Waals surface area contributed by atoms with Crippen LogP contribution in [0.5, 0.6) is 0 Å². The van der Waals surface area contributed by atoms with Gasteiger partial charge in [0.2, 0.25) is 0 Å². The highest BCUT2D eigenvalue weighted by atomic mass is 14.3.